The maximum Gasteiger partial charge on any atom is 0.357 e. The number of hydrogen-bond donors (Lipinski definition) is 3. The van der Waals surface area contributed by atoms with E-state index >= 15 is 0 Å². The molecule has 0 atom stereocenters. The van der Waals surface area contributed by atoms with Crippen LogP contribution in [0.5, 0.6) is 5.75 Å². The molecule has 0 fully saturated rings. The molecule has 6 heteroatoms. The number of rotatable bonds is 8. The van der Waals surface area contributed by atoms with Crippen molar-refractivity contribution in [3.63, 3.8) is 0 Å². The number of hydrogen-bond acceptors (Lipinski definition) is 4. The van der Waals surface area contributed by atoms with Crippen molar-refractivity contribution in [3.8, 4) is 5.75 Å². The molecule has 0 saturated carbocycles. The summed E-state index contributed by atoms with van der Waals surface area (Å²) in [4.78, 5) is 11.2. The molecule has 3 aromatic rings. The van der Waals surface area contributed by atoms with Gasteiger partial charge in [-0.1, -0.05) is 31.5 Å². The first-order chi connectivity index (χ1) is 12.2. The monoisotopic (exact) mass is 339 g/mol. The van der Waals surface area contributed by atoms with E-state index in [9.17, 15) is 9.90 Å². The van der Waals surface area contributed by atoms with Crippen LogP contribution in [0, 0.1) is 0 Å². The van der Waals surface area contributed by atoms with Crippen LogP contribution >= 0.6 is 0 Å². The summed E-state index contributed by atoms with van der Waals surface area (Å²) in [7, 11) is 0. The van der Waals surface area contributed by atoms with Crippen molar-refractivity contribution in [1.82, 2.24) is 10.2 Å². The minimum absolute atomic E-state index is 0.0296. The van der Waals surface area contributed by atoms with E-state index in [1.165, 1.54) is 0 Å². The van der Waals surface area contributed by atoms with Crippen molar-refractivity contribution in [2.45, 2.75) is 26.3 Å². The van der Waals surface area contributed by atoms with Crippen molar-refractivity contribution >= 4 is 22.6 Å². The summed E-state index contributed by atoms with van der Waals surface area (Å²) >= 11 is 0. The topological polar surface area (TPSA) is 87.2 Å². The maximum absolute atomic E-state index is 11.2. The zero-order chi connectivity index (χ0) is 17.6. The molecule has 1 aromatic heterocycles. The first kappa shape index (κ1) is 16.8. The number of benzene rings is 2. The van der Waals surface area contributed by atoms with Gasteiger partial charge in [-0.2, -0.15) is 5.10 Å². The highest BCUT2D eigenvalue weighted by Gasteiger charge is 2.13. The molecule has 0 aliphatic heterocycles. The van der Waals surface area contributed by atoms with Crippen LogP contribution in [0.3, 0.4) is 0 Å². The Labute approximate surface area is 145 Å². The molecular weight excluding hydrogens is 318 g/mol. The van der Waals surface area contributed by atoms with Gasteiger partial charge in [0, 0.05) is 23.2 Å². The lowest BCUT2D eigenvalue weighted by molar-refractivity contribution is 0.0692. The molecule has 130 valence electrons. The number of carboxylic acid groups (broad SMARTS) is 1. The molecule has 25 heavy (non-hydrogen) atoms. The zero-order valence-electron chi connectivity index (χ0n) is 14.1. The molecule has 0 unspecified atom stereocenters. The highest BCUT2D eigenvalue weighted by molar-refractivity contribution is 6.01. The fraction of sp³-hybridized carbons (Fsp3) is 0.263. The Hall–Kier alpha value is -3.02. The van der Waals surface area contributed by atoms with Gasteiger partial charge in [0.05, 0.1) is 12.1 Å². The number of H-pyrrole nitrogens is 1. The lowest BCUT2D eigenvalue weighted by atomic mass is 10.1. The normalized spacial score (nSPS) is 10.8. The Kier molecular flexibility index (Phi) is 5.18. The number of nitrogens with one attached hydrogen (secondary N) is 2. The molecule has 0 radical (unpaired) electrons. The molecule has 0 amide bonds. The number of para-hydroxylation sites is 1. The van der Waals surface area contributed by atoms with E-state index in [-0.39, 0.29) is 5.69 Å². The summed E-state index contributed by atoms with van der Waals surface area (Å²) in [5, 5.41) is 19.7. The quantitative estimate of drug-likeness (QED) is 0.539. The fourth-order valence-electron chi connectivity index (χ4n) is 2.60. The molecule has 0 aliphatic carbocycles. The SMILES string of the molecule is CCCCOc1ccccc1CNc1ccc2[nH]nc(C(=O)O)c2c1. The van der Waals surface area contributed by atoms with Crippen LogP contribution in [-0.4, -0.2) is 27.9 Å². The van der Waals surface area contributed by atoms with Gasteiger partial charge in [-0.3, -0.25) is 5.10 Å². The Morgan fingerprint density at radius 2 is 2.12 bits per heavy atom. The molecule has 2 aromatic carbocycles. The second kappa shape index (κ2) is 7.70. The minimum Gasteiger partial charge on any atom is -0.493 e. The summed E-state index contributed by atoms with van der Waals surface area (Å²) < 4.78 is 5.84. The number of aromatic amines is 1. The van der Waals surface area contributed by atoms with Gasteiger partial charge in [-0.25, -0.2) is 4.79 Å². The van der Waals surface area contributed by atoms with Gasteiger partial charge in [0.1, 0.15) is 5.75 Å². The molecular formula is C19H21N3O3. The van der Waals surface area contributed by atoms with E-state index in [0.29, 0.717) is 24.1 Å². The van der Waals surface area contributed by atoms with Crippen molar-refractivity contribution in [2.24, 2.45) is 0 Å². The van der Waals surface area contributed by atoms with Crippen LogP contribution in [0.15, 0.2) is 42.5 Å². The van der Waals surface area contributed by atoms with Crippen LogP contribution in [0.4, 0.5) is 5.69 Å². The van der Waals surface area contributed by atoms with Crippen LogP contribution in [0.1, 0.15) is 35.8 Å². The first-order valence-electron chi connectivity index (χ1n) is 8.35. The summed E-state index contributed by atoms with van der Waals surface area (Å²) in [6.45, 7) is 3.43. The van der Waals surface area contributed by atoms with Crippen molar-refractivity contribution in [1.29, 1.82) is 0 Å². The second-order valence-corrected chi connectivity index (χ2v) is 5.80. The van der Waals surface area contributed by atoms with Crippen molar-refractivity contribution < 1.29 is 14.6 Å². The Morgan fingerprint density at radius 1 is 1.28 bits per heavy atom. The van der Waals surface area contributed by atoms with Gasteiger partial charge in [-0.05, 0) is 30.7 Å². The molecule has 0 aliphatic rings. The molecule has 0 bridgehead atoms. The fourth-order valence-corrected chi connectivity index (χ4v) is 2.60. The van der Waals surface area contributed by atoms with Crippen LogP contribution in [0.25, 0.3) is 10.9 Å². The largest absolute Gasteiger partial charge is 0.493 e. The second-order valence-electron chi connectivity index (χ2n) is 5.80. The Morgan fingerprint density at radius 3 is 2.92 bits per heavy atom. The average molecular weight is 339 g/mol. The van der Waals surface area contributed by atoms with E-state index in [1.807, 2.05) is 36.4 Å². The number of anilines is 1. The zero-order valence-corrected chi connectivity index (χ0v) is 14.1. The summed E-state index contributed by atoms with van der Waals surface area (Å²) in [5.41, 5.74) is 2.62. The number of carbonyl (C=O) groups is 1. The predicted molar refractivity (Wildman–Crippen MR) is 97.2 cm³/mol. The summed E-state index contributed by atoms with van der Waals surface area (Å²) in [6.07, 6.45) is 2.12. The molecule has 3 rings (SSSR count). The minimum atomic E-state index is -1.04. The number of carboxylic acids is 1. The van der Waals surface area contributed by atoms with E-state index < -0.39 is 5.97 Å². The summed E-state index contributed by atoms with van der Waals surface area (Å²) in [5.74, 6) is -0.169. The van der Waals surface area contributed by atoms with Gasteiger partial charge in [0.25, 0.3) is 0 Å². The number of aromatic nitrogens is 2. The predicted octanol–water partition coefficient (Wildman–Crippen LogP) is 4.05. The summed E-state index contributed by atoms with van der Waals surface area (Å²) in [6, 6.07) is 13.4. The maximum atomic E-state index is 11.2. The lowest BCUT2D eigenvalue weighted by Crippen LogP contribution is -2.04. The highest BCUT2D eigenvalue weighted by Crippen LogP contribution is 2.23. The molecule has 3 N–H and O–H groups in total. The van der Waals surface area contributed by atoms with Crippen LogP contribution in [-0.2, 0) is 6.54 Å². The number of aromatic carboxylic acids is 1. The van der Waals surface area contributed by atoms with Gasteiger partial charge in [0.15, 0.2) is 5.69 Å². The third-order valence-corrected chi connectivity index (χ3v) is 3.98. The van der Waals surface area contributed by atoms with Gasteiger partial charge < -0.3 is 15.2 Å². The van der Waals surface area contributed by atoms with Crippen LogP contribution < -0.4 is 10.1 Å². The van der Waals surface area contributed by atoms with Crippen molar-refractivity contribution in [2.75, 3.05) is 11.9 Å². The van der Waals surface area contributed by atoms with Gasteiger partial charge in [0.2, 0.25) is 0 Å². The molecule has 0 spiro atoms. The Bertz CT molecular complexity index is 873. The number of ether oxygens (including phenoxy) is 1. The smallest absolute Gasteiger partial charge is 0.357 e. The van der Waals surface area contributed by atoms with E-state index in [0.717, 1.165) is 29.8 Å². The molecule has 1 heterocycles. The van der Waals surface area contributed by atoms with E-state index in [4.69, 9.17) is 4.74 Å². The molecule has 0 saturated heterocycles. The van der Waals surface area contributed by atoms with Gasteiger partial charge >= 0.3 is 5.97 Å². The first-order valence-corrected chi connectivity index (χ1v) is 8.35. The standard InChI is InChI=1S/C19H21N3O3/c1-2-3-10-25-17-7-5-4-6-13(17)12-20-14-8-9-16-15(11-14)18(19(23)24)22-21-16/h4-9,11,20H,2-3,10,12H2,1H3,(H,21,22)(H,23,24). The number of unbranched alkanes of at least 4 members (excludes halogenated alkanes) is 1. The number of nitrogens with zero attached hydrogens (tertiary/aromatic N) is 1. The number of fused-ring (bicyclic) bond motifs is 1. The highest BCUT2D eigenvalue weighted by atomic mass is 16.5. The van der Waals surface area contributed by atoms with Gasteiger partial charge in [-0.15, -0.1) is 0 Å². The average Bonchev–Trinajstić information content (AvgIpc) is 3.04. The molecule has 6 nitrogen and oxygen atoms in total. The van der Waals surface area contributed by atoms with Crippen LogP contribution in [0.2, 0.25) is 0 Å². The third kappa shape index (κ3) is 3.91. The van der Waals surface area contributed by atoms with E-state index in [1.54, 1.807) is 6.07 Å². The Balaban J connectivity index is 1.74. The van der Waals surface area contributed by atoms with Crippen molar-refractivity contribution in [3.05, 3.63) is 53.7 Å². The third-order valence-electron chi connectivity index (χ3n) is 3.98. The van der Waals surface area contributed by atoms with E-state index in [2.05, 4.69) is 22.4 Å². The lowest BCUT2D eigenvalue weighted by Gasteiger charge is -2.12.